The Morgan fingerprint density at radius 2 is 1.55 bits per heavy atom. The summed E-state index contributed by atoms with van der Waals surface area (Å²) in [6, 6.07) is 2.55. The molecule has 1 unspecified atom stereocenters. The van der Waals surface area contributed by atoms with Crippen LogP contribution in [0.5, 0.6) is 0 Å². The van der Waals surface area contributed by atoms with Gasteiger partial charge < -0.3 is 5.32 Å². The van der Waals surface area contributed by atoms with E-state index in [1.165, 1.54) is 11.1 Å². The van der Waals surface area contributed by atoms with Crippen LogP contribution in [-0.2, 0) is 0 Å². The Kier molecular flexibility index (Phi) is 6.19. The molecule has 1 atom stereocenters. The summed E-state index contributed by atoms with van der Waals surface area (Å²) in [4.78, 5) is 4.61. The van der Waals surface area contributed by atoms with Crippen molar-refractivity contribution < 1.29 is 0 Å². The number of pyridine rings is 1. The standard InChI is InChI=1S/C18H32N2/c1-11(2)17(12(3)4)10-19-15(7)18-13(5)9-14(6)20-16(18)8/h9,11-12,15,17,19H,10H2,1-8H3. The van der Waals surface area contributed by atoms with Crippen LogP contribution in [0.2, 0.25) is 0 Å². The third-order valence-corrected chi connectivity index (χ3v) is 4.39. The first kappa shape index (κ1) is 17.2. The van der Waals surface area contributed by atoms with Gasteiger partial charge in [-0.05, 0) is 69.2 Å². The fourth-order valence-electron chi connectivity index (χ4n) is 3.34. The van der Waals surface area contributed by atoms with E-state index in [1.807, 2.05) is 0 Å². The second kappa shape index (κ2) is 7.21. The third-order valence-electron chi connectivity index (χ3n) is 4.39. The molecule has 1 heterocycles. The molecule has 114 valence electrons. The molecule has 0 spiro atoms. The zero-order valence-electron chi connectivity index (χ0n) is 14.5. The van der Waals surface area contributed by atoms with E-state index < -0.39 is 0 Å². The molecule has 0 radical (unpaired) electrons. The van der Waals surface area contributed by atoms with Crippen molar-refractivity contribution in [3.8, 4) is 0 Å². The summed E-state index contributed by atoms with van der Waals surface area (Å²) in [5.74, 6) is 2.15. The van der Waals surface area contributed by atoms with E-state index in [4.69, 9.17) is 0 Å². The molecule has 0 saturated carbocycles. The molecule has 1 N–H and O–H groups in total. The summed E-state index contributed by atoms with van der Waals surface area (Å²) in [5, 5.41) is 3.72. The molecule has 0 aromatic carbocycles. The average Bonchev–Trinajstić information content (AvgIpc) is 2.26. The maximum Gasteiger partial charge on any atom is 0.0426 e. The Bertz CT molecular complexity index is 404. The average molecular weight is 276 g/mol. The van der Waals surface area contributed by atoms with Crippen LogP contribution < -0.4 is 5.32 Å². The van der Waals surface area contributed by atoms with Crippen LogP contribution in [0.25, 0.3) is 0 Å². The van der Waals surface area contributed by atoms with E-state index in [1.54, 1.807) is 0 Å². The van der Waals surface area contributed by atoms with Crippen molar-refractivity contribution in [2.45, 2.75) is 61.4 Å². The Hall–Kier alpha value is -0.890. The second-order valence-electron chi connectivity index (χ2n) is 6.86. The highest BCUT2D eigenvalue weighted by molar-refractivity contribution is 5.33. The molecular weight excluding hydrogens is 244 g/mol. The fourth-order valence-corrected chi connectivity index (χ4v) is 3.34. The predicted octanol–water partition coefficient (Wildman–Crippen LogP) is 4.59. The van der Waals surface area contributed by atoms with Crippen LogP contribution in [-0.4, -0.2) is 11.5 Å². The molecule has 2 heteroatoms. The monoisotopic (exact) mass is 276 g/mol. The van der Waals surface area contributed by atoms with Gasteiger partial charge in [-0.15, -0.1) is 0 Å². The third kappa shape index (κ3) is 4.31. The van der Waals surface area contributed by atoms with Gasteiger partial charge in [0.15, 0.2) is 0 Å². The zero-order valence-corrected chi connectivity index (χ0v) is 14.5. The van der Waals surface area contributed by atoms with Gasteiger partial charge in [0.2, 0.25) is 0 Å². The number of rotatable bonds is 6. The van der Waals surface area contributed by atoms with Crippen LogP contribution >= 0.6 is 0 Å². The minimum atomic E-state index is 0.364. The summed E-state index contributed by atoms with van der Waals surface area (Å²) in [6.45, 7) is 19.0. The van der Waals surface area contributed by atoms with E-state index >= 15 is 0 Å². The lowest BCUT2D eigenvalue weighted by molar-refractivity contribution is 0.268. The van der Waals surface area contributed by atoms with Gasteiger partial charge in [-0.25, -0.2) is 0 Å². The normalized spacial score (nSPS) is 13.6. The van der Waals surface area contributed by atoms with Crippen molar-refractivity contribution in [3.05, 3.63) is 28.6 Å². The molecule has 0 fully saturated rings. The maximum absolute atomic E-state index is 4.61. The summed E-state index contributed by atoms with van der Waals surface area (Å²) in [5.41, 5.74) is 4.98. The Morgan fingerprint density at radius 1 is 1.00 bits per heavy atom. The van der Waals surface area contributed by atoms with Crippen LogP contribution in [0, 0.1) is 38.5 Å². The van der Waals surface area contributed by atoms with E-state index in [0.29, 0.717) is 17.9 Å². The maximum atomic E-state index is 4.61. The van der Waals surface area contributed by atoms with E-state index in [-0.39, 0.29) is 0 Å². The minimum Gasteiger partial charge on any atom is -0.310 e. The van der Waals surface area contributed by atoms with Crippen molar-refractivity contribution >= 4 is 0 Å². The van der Waals surface area contributed by atoms with Crippen molar-refractivity contribution in [3.63, 3.8) is 0 Å². The Labute approximate surface area is 125 Å². The largest absolute Gasteiger partial charge is 0.310 e. The topological polar surface area (TPSA) is 24.9 Å². The molecule has 0 saturated heterocycles. The van der Waals surface area contributed by atoms with Gasteiger partial charge >= 0.3 is 0 Å². The lowest BCUT2D eigenvalue weighted by Gasteiger charge is -2.28. The molecule has 0 amide bonds. The van der Waals surface area contributed by atoms with Gasteiger partial charge in [0.05, 0.1) is 0 Å². The second-order valence-corrected chi connectivity index (χ2v) is 6.86. The van der Waals surface area contributed by atoms with E-state index in [9.17, 15) is 0 Å². The van der Waals surface area contributed by atoms with Crippen LogP contribution in [0.1, 0.15) is 63.2 Å². The summed E-state index contributed by atoms with van der Waals surface area (Å²) >= 11 is 0. The lowest BCUT2D eigenvalue weighted by atomic mass is 9.85. The van der Waals surface area contributed by atoms with Gasteiger partial charge in [0.25, 0.3) is 0 Å². The predicted molar refractivity (Wildman–Crippen MR) is 88.0 cm³/mol. The number of hydrogen-bond donors (Lipinski definition) is 1. The van der Waals surface area contributed by atoms with Crippen LogP contribution in [0.4, 0.5) is 0 Å². The van der Waals surface area contributed by atoms with Crippen molar-refractivity contribution in [1.29, 1.82) is 0 Å². The molecule has 1 aromatic heterocycles. The Balaban J connectivity index is 2.79. The molecule has 0 aliphatic rings. The number of nitrogens with one attached hydrogen (secondary N) is 1. The number of hydrogen-bond acceptors (Lipinski definition) is 2. The van der Waals surface area contributed by atoms with Crippen LogP contribution in [0.15, 0.2) is 6.07 Å². The van der Waals surface area contributed by atoms with Gasteiger partial charge in [0, 0.05) is 17.4 Å². The molecule has 20 heavy (non-hydrogen) atoms. The molecule has 1 rings (SSSR count). The van der Waals surface area contributed by atoms with Crippen molar-refractivity contribution in [2.75, 3.05) is 6.54 Å². The fraction of sp³-hybridized carbons (Fsp3) is 0.722. The summed E-state index contributed by atoms with van der Waals surface area (Å²) in [6.07, 6.45) is 0. The first-order chi connectivity index (χ1) is 9.23. The molecule has 0 aliphatic heterocycles. The first-order valence-electron chi connectivity index (χ1n) is 7.92. The van der Waals surface area contributed by atoms with E-state index in [0.717, 1.165) is 23.9 Å². The smallest absolute Gasteiger partial charge is 0.0426 e. The lowest BCUT2D eigenvalue weighted by Crippen LogP contribution is -2.32. The van der Waals surface area contributed by atoms with Gasteiger partial charge in [-0.1, -0.05) is 27.7 Å². The molecule has 1 aromatic rings. The first-order valence-corrected chi connectivity index (χ1v) is 7.92. The number of aromatic nitrogens is 1. The van der Waals surface area contributed by atoms with Crippen molar-refractivity contribution in [1.82, 2.24) is 10.3 Å². The molecule has 0 bridgehead atoms. The zero-order chi connectivity index (χ0) is 15.4. The molecule has 2 nitrogen and oxygen atoms in total. The highest BCUT2D eigenvalue weighted by atomic mass is 14.9. The van der Waals surface area contributed by atoms with Crippen LogP contribution in [0.3, 0.4) is 0 Å². The molecule has 0 aliphatic carbocycles. The van der Waals surface area contributed by atoms with E-state index in [2.05, 4.69) is 71.8 Å². The Morgan fingerprint density at radius 3 is 2.00 bits per heavy atom. The minimum absolute atomic E-state index is 0.364. The number of aryl methyl sites for hydroxylation is 3. The highest BCUT2D eigenvalue weighted by Crippen LogP contribution is 2.24. The van der Waals surface area contributed by atoms with Gasteiger partial charge in [-0.3, -0.25) is 4.98 Å². The SMILES string of the molecule is Cc1cc(C)c(C(C)NCC(C(C)C)C(C)C)c(C)n1. The van der Waals surface area contributed by atoms with Gasteiger partial charge in [-0.2, -0.15) is 0 Å². The summed E-state index contributed by atoms with van der Waals surface area (Å²) in [7, 11) is 0. The quantitative estimate of drug-likeness (QED) is 0.822. The number of nitrogens with zero attached hydrogens (tertiary/aromatic N) is 1. The van der Waals surface area contributed by atoms with Gasteiger partial charge in [0.1, 0.15) is 0 Å². The molecular formula is C18H32N2. The summed E-state index contributed by atoms with van der Waals surface area (Å²) < 4.78 is 0. The highest BCUT2D eigenvalue weighted by Gasteiger charge is 2.19. The van der Waals surface area contributed by atoms with Crippen molar-refractivity contribution in [2.24, 2.45) is 17.8 Å².